The van der Waals surface area contributed by atoms with Crippen LogP contribution >= 0.6 is 24.0 Å². The molecule has 148 valence electrons. The van der Waals surface area contributed by atoms with Crippen LogP contribution in [0.25, 0.3) is 0 Å². The molecule has 1 saturated carbocycles. The maximum Gasteiger partial charge on any atom is 0.230 e. The van der Waals surface area contributed by atoms with E-state index in [2.05, 4.69) is 43.6 Å². The number of amides is 1. The first-order valence-corrected chi connectivity index (χ1v) is 9.19. The molecule has 1 fully saturated rings. The third-order valence-electron chi connectivity index (χ3n) is 4.38. The fourth-order valence-electron chi connectivity index (χ4n) is 3.16. The Hall–Kier alpha value is -0.570. The summed E-state index contributed by atoms with van der Waals surface area (Å²) in [5.74, 6) is 1.01. The summed E-state index contributed by atoms with van der Waals surface area (Å²) in [6, 6.07) is 0. The van der Waals surface area contributed by atoms with Gasteiger partial charge < -0.3 is 20.9 Å². The van der Waals surface area contributed by atoms with Crippen LogP contribution in [0.1, 0.15) is 53.4 Å². The van der Waals surface area contributed by atoms with Crippen LogP contribution in [0.2, 0.25) is 0 Å². The Balaban J connectivity index is 0.00000576. The molecule has 0 unspecified atom stereocenters. The number of carbonyl (C=O) groups excluding carboxylic acids is 1. The minimum absolute atomic E-state index is 0. The van der Waals surface area contributed by atoms with E-state index in [9.17, 15) is 4.79 Å². The number of carbonyl (C=O) groups is 1. The van der Waals surface area contributed by atoms with Gasteiger partial charge in [-0.2, -0.15) is 0 Å². The van der Waals surface area contributed by atoms with Crippen molar-refractivity contribution in [2.24, 2.45) is 10.4 Å². The van der Waals surface area contributed by atoms with Gasteiger partial charge in [-0.15, -0.1) is 24.0 Å². The van der Waals surface area contributed by atoms with Gasteiger partial charge in [-0.05, 0) is 40.5 Å². The van der Waals surface area contributed by atoms with Crippen LogP contribution < -0.4 is 16.0 Å². The molecular weight excluding hydrogens is 429 g/mol. The quantitative estimate of drug-likeness (QED) is 0.233. The smallest absolute Gasteiger partial charge is 0.230 e. The predicted molar refractivity (Wildman–Crippen MR) is 117 cm³/mol. The summed E-state index contributed by atoms with van der Waals surface area (Å²) in [4.78, 5) is 19.1. The number of nitrogens with zero attached hydrogens (tertiary/aromatic N) is 2. The number of rotatable bonds is 7. The van der Waals surface area contributed by atoms with Gasteiger partial charge in [-0.1, -0.05) is 12.8 Å². The molecule has 1 aliphatic carbocycles. The van der Waals surface area contributed by atoms with Crippen LogP contribution in [0.3, 0.4) is 0 Å². The van der Waals surface area contributed by atoms with Gasteiger partial charge in [-0.3, -0.25) is 9.79 Å². The fourth-order valence-corrected chi connectivity index (χ4v) is 3.16. The van der Waals surface area contributed by atoms with Crippen molar-refractivity contribution in [2.75, 3.05) is 40.3 Å². The number of halogens is 1. The fraction of sp³-hybridized carbons (Fsp3) is 0.889. The Morgan fingerprint density at radius 1 is 1.12 bits per heavy atom. The SMILES string of the molecule is CCNC(=NCC1(C(=O)N(C)C)CCCC1)NCCNC(C)(C)C.I. The number of guanidine groups is 1. The predicted octanol–water partition coefficient (Wildman–Crippen LogP) is 2.20. The second-order valence-corrected chi connectivity index (χ2v) is 7.99. The molecule has 0 spiro atoms. The summed E-state index contributed by atoms with van der Waals surface area (Å²) >= 11 is 0. The zero-order valence-corrected chi connectivity index (χ0v) is 19.2. The highest BCUT2D eigenvalue weighted by Gasteiger charge is 2.41. The number of aliphatic imine (C=N–C) groups is 1. The number of hydrogen-bond acceptors (Lipinski definition) is 3. The van der Waals surface area contributed by atoms with Gasteiger partial charge in [0.1, 0.15) is 0 Å². The van der Waals surface area contributed by atoms with Crippen molar-refractivity contribution in [1.29, 1.82) is 0 Å². The highest BCUT2D eigenvalue weighted by molar-refractivity contribution is 14.0. The Bertz CT molecular complexity index is 426. The van der Waals surface area contributed by atoms with E-state index >= 15 is 0 Å². The molecule has 0 heterocycles. The van der Waals surface area contributed by atoms with Crippen molar-refractivity contribution >= 4 is 35.8 Å². The van der Waals surface area contributed by atoms with Crippen LogP contribution in [0.15, 0.2) is 4.99 Å². The molecule has 1 amide bonds. The summed E-state index contributed by atoms with van der Waals surface area (Å²) in [5, 5.41) is 10.1. The highest BCUT2D eigenvalue weighted by atomic mass is 127. The van der Waals surface area contributed by atoms with Crippen molar-refractivity contribution in [1.82, 2.24) is 20.9 Å². The third-order valence-corrected chi connectivity index (χ3v) is 4.38. The molecular formula is C18H38IN5O. The van der Waals surface area contributed by atoms with Crippen LogP contribution in [0.4, 0.5) is 0 Å². The zero-order valence-electron chi connectivity index (χ0n) is 16.9. The lowest BCUT2D eigenvalue weighted by Gasteiger charge is -2.29. The minimum atomic E-state index is -0.310. The lowest BCUT2D eigenvalue weighted by atomic mass is 9.85. The highest BCUT2D eigenvalue weighted by Crippen LogP contribution is 2.39. The first-order chi connectivity index (χ1) is 11.2. The first-order valence-electron chi connectivity index (χ1n) is 9.19. The number of nitrogens with one attached hydrogen (secondary N) is 3. The zero-order chi connectivity index (χ0) is 18.2. The topological polar surface area (TPSA) is 68.8 Å². The average molecular weight is 467 g/mol. The van der Waals surface area contributed by atoms with Crippen LogP contribution in [0.5, 0.6) is 0 Å². The van der Waals surface area contributed by atoms with Gasteiger partial charge in [0.2, 0.25) is 5.91 Å². The third kappa shape index (κ3) is 8.57. The largest absolute Gasteiger partial charge is 0.357 e. The molecule has 0 bridgehead atoms. The molecule has 3 N–H and O–H groups in total. The molecule has 0 aromatic heterocycles. The van der Waals surface area contributed by atoms with Gasteiger partial charge >= 0.3 is 0 Å². The molecule has 0 atom stereocenters. The monoisotopic (exact) mass is 467 g/mol. The van der Waals surface area contributed by atoms with Gasteiger partial charge in [0.15, 0.2) is 5.96 Å². The van der Waals surface area contributed by atoms with E-state index in [0.717, 1.165) is 51.3 Å². The Kier molecular flexibility index (Phi) is 11.0. The van der Waals surface area contributed by atoms with Crippen molar-refractivity contribution < 1.29 is 4.79 Å². The van der Waals surface area contributed by atoms with Crippen LogP contribution in [0, 0.1) is 5.41 Å². The molecule has 0 saturated heterocycles. The van der Waals surface area contributed by atoms with E-state index in [0.29, 0.717) is 6.54 Å². The van der Waals surface area contributed by atoms with E-state index < -0.39 is 0 Å². The molecule has 25 heavy (non-hydrogen) atoms. The normalized spacial score (nSPS) is 17.0. The van der Waals surface area contributed by atoms with E-state index in [1.54, 1.807) is 4.90 Å². The van der Waals surface area contributed by atoms with E-state index in [1.165, 1.54) is 0 Å². The summed E-state index contributed by atoms with van der Waals surface area (Å²) < 4.78 is 0. The molecule has 7 heteroatoms. The first kappa shape index (κ1) is 24.4. The molecule has 0 aliphatic heterocycles. The van der Waals surface area contributed by atoms with Crippen LogP contribution in [-0.2, 0) is 4.79 Å². The molecule has 0 aromatic carbocycles. The Morgan fingerprint density at radius 3 is 2.20 bits per heavy atom. The lowest BCUT2D eigenvalue weighted by molar-refractivity contribution is -0.138. The standard InChI is InChI=1S/C18H37N5O.HI/c1-7-19-16(20-12-13-22-17(2,3)4)21-14-18(10-8-9-11-18)15(24)23(5)6;/h22H,7-14H2,1-6H3,(H2,19,20,21);1H. The Labute approximate surface area is 171 Å². The van der Waals surface area contributed by atoms with E-state index in [-0.39, 0.29) is 40.8 Å². The summed E-state index contributed by atoms with van der Waals surface area (Å²) in [6.07, 6.45) is 4.13. The second-order valence-electron chi connectivity index (χ2n) is 7.99. The van der Waals surface area contributed by atoms with Crippen molar-refractivity contribution in [2.45, 2.75) is 58.9 Å². The minimum Gasteiger partial charge on any atom is -0.357 e. The van der Waals surface area contributed by atoms with Gasteiger partial charge in [-0.25, -0.2) is 0 Å². The van der Waals surface area contributed by atoms with Gasteiger partial charge in [0, 0.05) is 39.3 Å². The molecule has 1 aliphatic rings. The molecule has 1 rings (SSSR count). The summed E-state index contributed by atoms with van der Waals surface area (Å²) in [5.41, 5.74) is -0.196. The van der Waals surface area contributed by atoms with E-state index in [4.69, 9.17) is 4.99 Å². The number of hydrogen-bond donors (Lipinski definition) is 3. The van der Waals surface area contributed by atoms with Gasteiger partial charge in [0.25, 0.3) is 0 Å². The summed E-state index contributed by atoms with van der Waals surface area (Å²) in [6.45, 7) is 11.6. The second kappa shape index (κ2) is 11.2. The van der Waals surface area contributed by atoms with Crippen molar-refractivity contribution in [3.63, 3.8) is 0 Å². The van der Waals surface area contributed by atoms with Crippen LogP contribution in [-0.4, -0.2) is 62.6 Å². The molecule has 6 nitrogen and oxygen atoms in total. The van der Waals surface area contributed by atoms with E-state index in [1.807, 2.05) is 14.1 Å². The molecule has 0 aromatic rings. The lowest BCUT2D eigenvalue weighted by Crippen LogP contribution is -2.45. The summed E-state index contributed by atoms with van der Waals surface area (Å²) in [7, 11) is 3.68. The average Bonchev–Trinajstić information content (AvgIpc) is 2.97. The maximum atomic E-state index is 12.6. The van der Waals surface area contributed by atoms with Crippen molar-refractivity contribution in [3.05, 3.63) is 0 Å². The van der Waals surface area contributed by atoms with Crippen molar-refractivity contribution in [3.8, 4) is 0 Å². The van der Waals surface area contributed by atoms with Gasteiger partial charge in [0.05, 0.1) is 12.0 Å². The molecule has 0 radical (unpaired) electrons. The Morgan fingerprint density at radius 2 is 1.72 bits per heavy atom. The maximum absolute atomic E-state index is 12.6.